The molecule has 1 saturated heterocycles. The minimum atomic E-state index is -0.217. The van der Waals surface area contributed by atoms with E-state index in [0.717, 1.165) is 32.5 Å². The summed E-state index contributed by atoms with van der Waals surface area (Å²) in [7, 11) is 4.72. The first kappa shape index (κ1) is 21.0. The predicted octanol–water partition coefficient (Wildman–Crippen LogP) is 1.62. The summed E-state index contributed by atoms with van der Waals surface area (Å²) in [5.74, 6) is -0.450. The molecule has 8 heteroatoms. The van der Waals surface area contributed by atoms with Crippen LogP contribution in [0.2, 0.25) is 0 Å². The van der Waals surface area contributed by atoms with Crippen molar-refractivity contribution < 1.29 is 24.9 Å². The highest BCUT2D eigenvalue weighted by atomic mass is 16.5. The summed E-state index contributed by atoms with van der Waals surface area (Å²) in [6.07, 6.45) is 6.29. The number of piperidine rings is 1. The number of aromatic hydroxyl groups is 2. The molecule has 0 spiro atoms. The van der Waals surface area contributed by atoms with Gasteiger partial charge < -0.3 is 34.4 Å². The maximum atomic E-state index is 12.0. The molecule has 3 rings (SSSR count). The largest absolute Gasteiger partial charge is 0.504 e. The van der Waals surface area contributed by atoms with Crippen molar-refractivity contribution in [2.45, 2.75) is 25.5 Å². The Kier molecular flexibility index (Phi) is 6.34. The zero-order valence-electron chi connectivity index (χ0n) is 17.1. The molecular weight excluding hydrogens is 374 g/mol. The van der Waals surface area contributed by atoms with Crippen molar-refractivity contribution in [3.8, 4) is 17.2 Å². The summed E-state index contributed by atoms with van der Waals surface area (Å²) in [4.78, 5) is 15.7. The third-order valence-electron chi connectivity index (χ3n) is 5.37. The molecule has 0 unspecified atom stereocenters. The van der Waals surface area contributed by atoms with Gasteiger partial charge in [0, 0.05) is 64.2 Å². The number of likely N-dealkylation sites (N-methyl/N-ethyl adjacent to an activating group) is 1. The van der Waals surface area contributed by atoms with E-state index in [1.54, 1.807) is 26.2 Å². The van der Waals surface area contributed by atoms with E-state index in [2.05, 4.69) is 4.90 Å². The molecule has 1 amide bonds. The van der Waals surface area contributed by atoms with E-state index in [0.29, 0.717) is 23.0 Å². The zero-order valence-corrected chi connectivity index (χ0v) is 17.1. The van der Waals surface area contributed by atoms with Gasteiger partial charge in [0.05, 0.1) is 24.1 Å². The number of fused-ring (bicyclic) bond motifs is 1. The van der Waals surface area contributed by atoms with E-state index in [1.807, 2.05) is 10.8 Å². The number of aromatic nitrogens is 1. The Morgan fingerprint density at radius 1 is 1.28 bits per heavy atom. The second kappa shape index (κ2) is 8.75. The number of amides is 1. The number of benzene rings is 1. The number of likely N-dealkylation sites (tertiary alicyclic amines) is 1. The molecule has 0 saturated carbocycles. The fourth-order valence-corrected chi connectivity index (χ4v) is 3.65. The summed E-state index contributed by atoms with van der Waals surface area (Å²) in [6, 6.07) is 1.57. The molecule has 1 aromatic heterocycles. The van der Waals surface area contributed by atoms with Crippen LogP contribution in [-0.4, -0.2) is 82.5 Å². The molecule has 0 atom stereocenters. The van der Waals surface area contributed by atoms with Gasteiger partial charge in [-0.3, -0.25) is 4.79 Å². The van der Waals surface area contributed by atoms with E-state index < -0.39 is 0 Å². The normalized spacial score (nSPS) is 16.0. The number of carbonyl (C=O) groups is 1. The molecule has 8 nitrogen and oxygen atoms in total. The molecule has 1 aliphatic rings. The quantitative estimate of drug-likeness (QED) is 0.634. The van der Waals surface area contributed by atoms with Gasteiger partial charge >= 0.3 is 0 Å². The highest BCUT2D eigenvalue weighted by Crippen LogP contribution is 2.44. The topological polar surface area (TPSA) is 98.4 Å². The van der Waals surface area contributed by atoms with E-state index in [4.69, 9.17) is 4.74 Å². The maximum Gasteiger partial charge on any atom is 0.246 e. The Hall–Kier alpha value is -2.71. The van der Waals surface area contributed by atoms with E-state index in [9.17, 15) is 20.1 Å². The summed E-state index contributed by atoms with van der Waals surface area (Å²) < 4.78 is 7.09. The SMILES string of the molecule is COc1c(O)cc2c(c(C=CC(=O)N(C)C)cn2CCN2CCC(O)CC2)c1O. The lowest BCUT2D eigenvalue weighted by Gasteiger charge is -2.29. The van der Waals surface area contributed by atoms with Crippen molar-refractivity contribution in [2.75, 3.05) is 40.8 Å². The zero-order chi connectivity index (χ0) is 21.1. The Morgan fingerprint density at radius 2 is 1.97 bits per heavy atom. The Bertz CT molecular complexity index is 911. The smallest absolute Gasteiger partial charge is 0.246 e. The van der Waals surface area contributed by atoms with Gasteiger partial charge in [-0.2, -0.15) is 0 Å². The number of phenolic OH excluding ortho intramolecular Hbond substituents is 2. The number of aliphatic hydroxyl groups is 1. The Balaban J connectivity index is 1.95. The second-order valence-electron chi connectivity index (χ2n) is 7.59. The van der Waals surface area contributed by atoms with Gasteiger partial charge in [-0.25, -0.2) is 0 Å². The monoisotopic (exact) mass is 403 g/mol. The standard InChI is InChI=1S/C21H29N3O5/c1-22(2)18(27)5-4-14-13-24(11-10-23-8-6-15(25)7-9-23)16-12-17(26)21(29-3)20(28)19(14)16/h4-5,12-13,15,25-26,28H,6-11H2,1-3H3. The first-order valence-electron chi connectivity index (χ1n) is 9.73. The molecule has 3 N–H and O–H groups in total. The fraction of sp³-hybridized carbons (Fsp3) is 0.476. The Morgan fingerprint density at radius 3 is 2.59 bits per heavy atom. The number of nitrogens with zero attached hydrogens (tertiary/aromatic N) is 3. The molecule has 2 heterocycles. The van der Waals surface area contributed by atoms with Crippen molar-refractivity contribution >= 4 is 22.9 Å². The van der Waals surface area contributed by atoms with E-state index in [1.165, 1.54) is 18.1 Å². The molecule has 2 aromatic rings. The number of carbonyl (C=O) groups excluding carboxylic acids is 1. The van der Waals surface area contributed by atoms with Crippen LogP contribution in [0.25, 0.3) is 17.0 Å². The van der Waals surface area contributed by atoms with Gasteiger partial charge in [-0.1, -0.05) is 0 Å². The lowest BCUT2D eigenvalue weighted by Crippen LogP contribution is -2.37. The van der Waals surface area contributed by atoms with Gasteiger partial charge in [0.25, 0.3) is 0 Å². The number of aliphatic hydroxyl groups excluding tert-OH is 1. The average Bonchev–Trinajstić information content (AvgIpc) is 3.03. The van der Waals surface area contributed by atoms with Crippen LogP contribution in [-0.2, 0) is 11.3 Å². The summed E-state index contributed by atoms with van der Waals surface area (Å²) in [5, 5.41) is 31.1. The highest BCUT2D eigenvalue weighted by molar-refractivity contribution is 6.00. The Labute approximate surface area is 170 Å². The van der Waals surface area contributed by atoms with Crippen molar-refractivity contribution in [1.82, 2.24) is 14.4 Å². The van der Waals surface area contributed by atoms with Crippen molar-refractivity contribution in [1.29, 1.82) is 0 Å². The lowest BCUT2D eigenvalue weighted by atomic mass is 10.1. The van der Waals surface area contributed by atoms with Gasteiger partial charge in [-0.05, 0) is 18.9 Å². The third-order valence-corrected chi connectivity index (χ3v) is 5.37. The first-order chi connectivity index (χ1) is 13.8. The number of phenols is 2. The van der Waals surface area contributed by atoms with Crippen molar-refractivity contribution in [3.05, 3.63) is 23.9 Å². The number of rotatable bonds is 6. The molecule has 0 bridgehead atoms. The average molecular weight is 403 g/mol. The number of hydrogen-bond acceptors (Lipinski definition) is 6. The number of ether oxygens (including phenoxy) is 1. The van der Waals surface area contributed by atoms with Gasteiger partial charge in [0.2, 0.25) is 11.7 Å². The lowest BCUT2D eigenvalue weighted by molar-refractivity contribution is -0.123. The van der Waals surface area contributed by atoms with Crippen molar-refractivity contribution in [2.24, 2.45) is 0 Å². The minimum Gasteiger partial charge on any atom is -0.504 e. The molecule has 1 aliphatic heterocycles. The molecule has 0 aliphatic carbocycles. The van der Waals surface area contributed by atoms with E-state index >= 15 is 0 Å². The van der Waals surface area contributed by atoms with Crippen LogP contribution >= 0.6 is 0 Å². The number of hydrogen-bond donors (Lipinski definition) is 3. The summed E-state index contributed by atoms with van der Waals surface area (Å²) >= 11 is 0. The highest BCUT2D eigenvalue weighted by Gasteiger charge is 2.21. The van der Waals surface area contributed by atoms with Gasteiger partial charge in [0.1, 0.15) is 0 Å². The molecule has 1 fully saturated rings. The predicted molar refractivity (Wildman–Crippen MR) is 111 cm³/mol. The van der Waals surface area contributed by atoms with Crippen LogP contribution in [0.4, 0.5) is 0 Å². The second-order valence-corrected chi connectivity index (χ2v) is 7.59. The van der Waals surface area contributed by atoms with E-state index in [-0.39, 0.29) is 29.3 Å². The molecule has 0 radical (unpaired) electrons. The molecule has 29 heavy (non-hydrogen) atoms. The van der Waals surface area contributed by atoms with Crippen LogP contribution in [0.1, 0.15) is 18.4 Å². The molecule has 1 aromatic carbocycles. The minimum absolute atomic E-state index is 0.00820. The first-order valence-corrected chi connectivity index (χ1v) is 9.73. The van der Waals surface area contributed by atoms with Gasteiger partial charge in [-0.15, -0.1) is 0 Å². The molecular formula is C21H29N3O5. The fourth-order valence-electron chi connectivity index (χ4n) is 3.65. The summed E-state index contributed by atoms with van der Waals surface area (Å²) in [5.41, 5.74) is 1.33. The maximum absolute atomic E-state index is 12.0. The van der Waals surface area contributed by atoms with Crippen molar-refractivity contribution in [3.63, 3.8) is 0 Å². The van der Waals surface area contributed by atoms with Crippen LogP contribution in [0.5, 0.6) is 17.2 Å². The summed E-state index contributed by atoms with van der Waals surface area (Å²) in [6.45, 7) is 3.11. The van der Waals surface area contributed by atoms with Crippen LogP contribution in [0, 0.1) is 0 Å². The van der Waals surface area contributed by atoms with Crippen LogP contribution in [0.3, 0.4) is 0 Å². The third kappa shape index (κ3) is 4.49. The van der Waals surface area contributed by atoms with Crippen LogP contribution < -0.4 is 4.74 Å². The van der Waals surface area contributed by atoms with Gasteiger partial charge in [0.15, 0.2) is 11.5 Å². The van der Waals surface area contributed by atoms with Crippen LogP contribution in [0.15, 0.2) is 18.3 Å². The molecule has 158 valence electrons. The number of methoxy groups -OCH3 is 1.